The lowest BCUT2D eigenvalue weighted by Gasteiger charge is -2.26. The van der Waals surface area contributed by atoms with Crippen molar-refractivity contribution >= 4 is 39.0 Å². The molecule has 1 aliphatic heterocycles. The zero-order valence-electron chi connectivity index (χ0n) is 18.1. The number of anilines is 2. The fraction of sp³-hybridized carbons (Fsp3) is 0.111. The molecule has 0 radical (unpaired) electrons. The molecule has 1 aliphatic rings. The molecular formula is C27H23BrN4O. The number of fused-ring (bicyclic) bond motifs is 1. The second kappa shape index (κ2) is 9.08. The number of nitrogens with zero attached hydrogens (tertiary/aromatic N) is 2. The fourth-order valence-corrected chi connectivity index (χ4v) is 4.23. The van der Waals surface area contributed by atoms with Crippen LogP contribution in [0, 0.1) is 0 Å². The van der Waals surface area contributed by atoms with Gasteiger partial charge in [-0.3, -0.25) is 4.79 Å². The van der Waals surface area contributed by atoms with Crippen LogP contribution in [0.25, 0.3) is 5.70 Å². The summed E-state index contributed by atoms with van der Waals surface area (Å²) >= 11 is 3.51. The van der Waals surface area contributed by atoms with Crippen molar-refractivity contribution in [1.82, 2.24) is 9.78 Å². The van der Waals surface area contributed by atoms with Crippen molar-refractivity contribution < 1.29 is 4.79 Å². The molecule has 4 aromatic rings. The molecule has 33 heavy (non-hydrogen) atoms. The summed E-state index contributed by atoms with van der Waals surface area (Å²) in [6.07, 6.45) is 4.78. The first kappa shape index (κ1) is 21.2. The number of benzene rings is 3. The maximum Gasteiger partial charge on any atom is 0.261 e. The van der Waals surface area contributed by atoms with Crippen LogP contribution in [0.1, 0.15) is 40.0 Å². The Morgan fingerprint density at radius 2 is 1.76 bits per heavy atom. The summed E-state index contributed by atoms with van der Waals surface area (Å²) in [6.45, 7) is 2.15. The van der Waals surface area contributed by atoms with Gasteiger partial charge in [0.25, 0.3) is 5.91 Å². The van der Waals surface area contributed by atoms with Crippen molar-refractivity contribution in [2.75, 3.05) is 10.6 Å². The van der Waals surface area contributed by atoms with Crippen LogP contribution in [-0.4, -0.2) is 15.7 Å². The average molecular weight is 499 g/mol. The van der Waals surface area contributed by atoms with E-state index in [-0.39, 0.29) is 11.9 Å². The Labute approximate surface area is 201 Å². The van der Waals surface area contributed by atoms with Crippen LogP contribution in [0.3, 0.4) is 0 Å². The van der Waals surface area contributed by atoms with E-state index in [4.69, 9.17) is 0 Å². The summed E-state index contributed by atoms with van der Waals surface area (Å²) in [7, 11) is 0. The van der Waals surface area contributed by atoms with Gasteiger partial charge in [-0.05, 0) is 53.5 Å². The van der Waals surface area contributed by atoms with Gasteiger partial charge in [-0.15, -0.1) is 0 Å². The number of hydrogen-bond acceptors (Lipinski definition) is 3. The molecule has 2 N–H and O–H groups in total. The van der Waals surface area contributed by atoms with Gasteiger partial charge in [-0.1, -0.05) is 77.5 Å². The van der Waals surface area contributed by atoms with E-state index < -0.39 is 0 Å². The average Bonchev–Trinajstić information content (AvgIpc) is 3.29. The normalized spacial score (nSPS) is 14.7. The molecule has 3 aromatic carbocycles. The highest BCUT2D eigenvalue weighted by molar-refractivity contribution is 9.10. The molecule has 5 nitrogen and oxygen atoms in total. The Kier molecular flexibility index (Phi) is 5.84. The van der Waals surface area contributed by atoms with Gasteiger partial charge in [0, 0.05) is 15.9 Å². The smallest absolute Gasteiger partial charge is 0.261 e. The second-order valence-corrected chi connectivity index (χ2v) is 8.84. The second-order valence-electron chi connectivity index (χ2n) is 7.92. The highest BCUT2D eigenvalue weighted by Crippen LogP contribution is 2.36. The van der Waals surface area contributed by atoms with Crippen LogP contribution in [0.2, 0.25) is 0 Å². The molecular weight excluding hydrogens is 476 g/mol. The molecule has 0 saturated heterocycles. The third-order valence-corrected chi connectivity index (χ3v) is 6.33. The monoisotopic (exact) mass is 498 g/mol. The van der Waals surface area contributed by atoms with Crippen LogP contribution in [0.5, 0.6) is 0 Å². The first-order valence-corrected chi connectivity index (χ1v) is 11.7. The summed E-state index contributed by atoms with van der Waals surface area (Å²) < 4.78 is 2.88. The number of aryl methyl sites for hydroxylation is 1. The summed E-state index contributed by atoms with van der Waals surface area (Å²) in [6, 6.07) is 26.0. The number of amides is 1. The van der Waals surface area contributed by atoms with Gasteiger partial charge in [0.2, 0.25) is 0 Å². The molecule has 164 valence electrons. The Morgan fingerprint density at radius 1 is 1.03 bits per heavy atom. The van der Waals surface area contributed by atoms with E-state index >= 15 is 0 Å². The first-order chi connectivity index (χ1) is 16.1. The zero-order chi connectivity index (χ0) is 22.8. The summed E-state index contributed by atoms with van der Waals surface area (Å²) in [4.78, 5) is 13.1. The number of aromatic nitrogens is 2. The van der Waals surface area contributed by atoms with Gasteiger partial charge in [0.05, 0.1) is 12.2 Å². The molecule has 1 amide bonds. The summed E-state index contributed by atoms with van der Waals surface area (Å²) in [5.41, 5.74) is 5.63. The zero-order valence-corrected chi connectivity index (χ0v) is 19.7. The lowest BCUT2D eigenvalue weighted by molar-refractivity contribution is 0.102. The van der Waals surface area contributed by atoms with E-state index in [2.05, 4.69) is 81.1 Å². The molecule has 0 fully saturated rings. The lowest BCUT2D eigenvalue weighted by Crippen LogP contribution is -2.22. The molecule has 0 unspecified atom stereocenters. The van der Waals surface area contributed by atoms with Crippen molar-refractivity contribution in [1.29, 1.82) is 0 Å². The number of nitrogens with one attached hydrogen (secondary N) is 2. The Balaban J connectivity index is 1.55. The number of allylic oxidation sites excluding steroid dienone is 1. The highest BCUT2D eigenvalue weighted by Gasteiger charge is 2.28. The van der Waals surface area contributed by atoms with Gasteiger partial charge in [0.1, 0.15) is 11.4 Å². The third kappa shape index (κ3) is 4.34. The number of hydrogen-bond donors (Lipinski definition) is 2. The van der Waals surface area contributed by atoms with Gasteiger partial charge < -0.3 is 10.6 Å². The molecule has 0 aliphatic carbocycles. The highest BCUT2D eigenvalue weighted by atomic mass is 79.9. The summed E-state index contributed by atoms with van der Waals surface area (Å²) in [5, 5.41) is 11.0. The van der Waals surface area contributed by atoms with E-state index in [0.717, 1.165) is 33.4 Å². The Hall–Kier alpha value is -3.64. The minimum absolute atomic E-state index is 0.145. The molecule has 1 aromatic heterocycles. The van der Waals surface area contributed by atoms with Crippen LogP contribution in [-0.2, 0) is 6.42 Å². The Bertz CT molecular complexity index is 1310. The molecule has 1 atom stereocenters. The fourth-order valence-electron chi connectivity index (χ4n) is 3.97. The number of para-hydroxylation sites is 1. The van der Waals surface area contributed by atoms with E-state index in [1.54, 1.807) is 6.20 Å². The number of rotatable bonds is 5. The van der Waals surface area contributed by atoms with Crippen molar-refractivity contribution in [2.24, 2.45) is 0 Å². The van der Waals surface area contributed by atoms with E-state index in [0.29, 0.717) is 11.4 Å². The molecule has 0 bridgehead atoms. The van der Waals surface area contributed by atoms with Gasteiger partial charge in [-0.25, -0.2) is 4.68 Å². The largest absolute Gasteiger partial charge is 0.339 e. The quantitative estimate of drug-likeness (QED) is 0.329. The van der Waals surface area contributed by atoms with E-state index in [9.17, 15) is 4.79 Å². The van der Waals surface area contributed by atoms with Crippen molar-refractivity contribution in [3.05, 3.63) is 118 Å². The van der Waals surface area contributed by atoms with E-state index in [1.165, 1.54) is 5.56 Å². The van der Waals surface area contributed by atoms with Gasteiger partial charge >= 0.3 is 0 Å². The van der Waals surface area contributed by atoms with Crippen LogP contribution < -0.4 is 10.6 Å². The lowest BCUT2D eigenvalue weighted by atomic mass is 10.00. The van der Waals surface area contributed by atoms with E-state index in [1.807, 2.05) is 47.1 Å². The van der Waals surface area contributed by atoms with Crippen LogP contribution in [0.4, 0.5) is 11.5 Å². The topological polar surface area (TPSA) is 59.0 Å². The van der Waals surface area contributed by atoms with Crippen molar-refractivity contribution in [3.8, 4) is 0 Å². The third-order valence-electron chi connectivity index (χ3n) is 5.80. The molecule has 2 heterocycles. The minimum atomic E-state index is -0.202. The summed E-state index contributed by atoms with van der Waals surface area (Å²) in [5.74, 6) is 0.473. The molecule has 0 saturated carbocycles. The van der Waals surface area contributed by atoms with Crippen molar-refractivity contribution in [2.45, 2.75) is 19.4 Å². The van der Waals surface area contributed by atoms with Gasteiger partial charge in [0.15, 0.2) is 0 Å². The molecule has 5 rings (SSSR count). The van der Waals surface area contributed by atoms with Crippen molar-refractivity contribution in [3.63, 3.8) is 0 Å². The Morgan fingerprint density at radius 3 is 2.45 bits per heavy atom. The number of carbonyl (C=O) groups is 1. The number of halogens is 1. The standard InChI is InChI=1S/C27H23BrN4O/c1-2-18-8-10-19(11-9-18)24-16-25(20-12-14-21(28)15-13-20)32-26(31-24)23(17-29-32)27(33)30-22-6-4-3-5-7-22/h3-17,25,31H,2H2,1H3,(H,30,33)/t25-/m1/s1. The van der Waals surface area contributed by atoms with Gasteiger partial charge in [-0.2, -0.15) is 5.10 Å². The predicted octanol–water partition coefficient (Wildman–Crippen LogP) is 6.52. The minimum Gasteiger partial charge on any atom is -0.339 e. The maximum absolute atomic E-state index is 13.1. The first-order valence-electron chi connectivity index (χ1n) is 10.9. The SMILES string of the molecule is CCc1ccc(C2=C[C@H](c3ccc(Br)cc3)n3ncc(C(=O)Nc4ccccc4)c3N2)cc1. The predicted molar refractivity (Wildman–Crippen MR) is 136 cm³/mol. The maximum atomic E-state index is 13.1. The molecule has 6 heteroatoms. The molecule has 0 spiro atoms. The number of carbonyl (C=O) groups excluding carboxylic acids is 1. The van der Waals surface area contributed by atoms with Crippen LogP contribution >= 0.6 is 15.9 Å². The van der Waals surface area contributed by atoms with Crippen LogP contribution in [0.15, 0.2) is 95.6 Å².